The summed E-state index contributed by atoms with van der Waals surface area (Å²) in [4.78, 5) is 16.1. The van der Waals surface area contributed by atoms with E-state index in [0.717, 1.165) is 37.2 Å². The maximum absolute atomic E-state index is 5.45. The second-order valence-corrected chi connectivity index (χ2v) is 9.82. The second-order valence-electron chi connectivity index (χ2n) is 9.82. The molecular formula is C25H30N8O. The third-order valence-electron chi connectivity index (χ3n) is 6.35. The molecule has 0 spiro atoms. The van der Waals surface area contributed by atoms with Crippen molar-refractivity contribution in [3.8, 4) is 11.6 Å². The van der Waals surface area contributed by atoms with E-state index in [4.69, 9.17) is 14.4 Å². The molecule has 1 aliphatic rings. The van der Waals surface area contributed by atoms with Crippen LogP contribution in [0.3, 0.4) is 0 Å². The molecule has 1 aliphatic heterocycles. The summed E-state index contributed by atoms with van der Waals surface area (Å²) in [7, 11) is 0. The van der Waals surface area contributed by atoms with Crippen molar-refractivity contribution in [1.82, 2.24) is 29.7 Å². The number of imidazole rings is 1. The molecule has 34 heavy (non-hydrogen) atoms. The molecule has 1 N–H and O–H groups in total. The molecule has 0 radical (unpaired) electrons. The van der Waals surface area contributed by atoms with Crippen molar-refractivity contribution in [2.75, 3.05) is 23.3 Å². The van der Waals surface area contributed by atoms with Gasteiger partial charge in [0.25, 0.3) is 5.89 Å². The third kappa shape index (κ3) is 4.64. The Labute approximate surface area is 199 Å². The third-order valence-corrected chi connectivity index (χ3v) is 6.35. The molecular weight excluding hydrogens is 428 g/mol. The predicted octanol–water partition coefficient (Wildman–Crippen LogP) is 4.91. The van der Waals surface area contributed by atoms with Gasteiger partial charge in [-0.15, -0.1) is 10.2 Å². The average Bonchev–Trinajstić information content (AvgIpc) is 3.54. The van der Waals surface area contributed by atoms with Crippen molar-refractivity contribution in [3.05, 3.63) is 60.5 Å². The molecule has 0 bridgehead atoms. The number of rotatable bonds is 5. The molecule has 4 aromatic rings. The molecule has 1 aromatic carbocycles. The van der Waals surface area contributed by atoms with Gasteiger partial charge in [-0.1, -0.05) is 32.9 Å². The number of benzene rings is 1. The lowest BCUT2D eigenvalue weighted by molar-refractivity contribution is 0.393. The largest absolute Gasteiger partial charge is 0.422 e. The fraction of sp³-hybridized carbons (Fsp3) is 0.400. The lowest BCUT2D eigenvalue weighted by Crippen LogP contribution is -2.35. The summed E-state index contributed by atoms with van der Waals surface area (Å²) < 4.78 is 7.64. The van der Waals surface area contributed by atoms with E-state index in [0.29, 0.717) is 29.4 Å². The van der Waals surface area contributed by atoms with E-state index < -0.39 is 0 Å². The van der Waals surface area contributed by atoms with Gasteiger partial charge in [0.15, 0.2) is 0 Å². The molecule has 0 amide bonds. The molecule has 4 heterocycles. The van der Waals surface area contributed by atoms with E-state index in [2.05, 4.69) is 75.9 Å². The molecule has 0 aliphatic carbocycles. The monoisotopic (exact) mass is 458 g/mol. The summed E-state index contributed by atoms with van der Waals surface area (Å²) in [6.45, 7) is 10.4. The Bertz CT molecular complexity index is 1240. The van der Waals surface area contributed by atoms with Crippen molar-refractivity contribution in [2.24, 2.45) is 0 Å². The van der Waals surface area contributed by atoms with Crippen molar-refractivity contribution in [1.29, 1.82) is 0 Å². The van der Waals surface area contributed by atoms with Gasteiger partial charge in [0, 0.05) is 43.3 Å². The quantitative estimate of drug-likeness (QED) is 0.450. The zero-order chi connectivity index (χ0) is 23.7. The molecule has 9 heteroatoms. The summed E-state index contributed by atoms with van der Waals surface area (Å²) in [6, 6.07) is 8.82. The molecule has 5 rings (SSSR count). The highest BCUT2D eigenvalue weighted by Gasteiger charge is 2.24. The van der Waals surface area contributed by atoms with Crippen molar-refractivity contribution in [3.63, 3.8) is 0 Å². The lowest BCUT2D eigenvalue weighted by Gasteiger charge is -2.32. The summed E-state index contributed by atoms with van der Waals surface area (Å²) >= 11 is 0. The number of aromatic nitrogens is 6. The van der Waals surface area contributed by atoms with Gasteiger partial charge in [-0.25, -0.2) is 9.97 Å². The maximum atomic E-state index is 5.45. The summed E-state index contributed by atoms with van der Waals surface area (Å²) in [5, 5.41) is 11.4. The average molecular weight is 459 g/mol. The predicted molar refractivity (Wildman–Crippen MR) is 131 cm³/mol. The van der Waals surface area contributed by atoms with Crippen LogP contribution in [0.15, 0.2) is 53.8 Å². The molecule has 0 atom stereocenters. The Kier molecular flexibility index (Phi) is 5.77. The van der Waals surface area contributed by atoms with E-state index in [1.54, 1.807) is 0 Å². The van der Waals surface area contributed by atoms with Gasteiger partial charge in [-0.3, -0.25) is 0 Å². The van der Waals surface area contributed by atoms with Gasteiger partial charge in [0.2, 0.25) is 12.3 Å². The highest BCUT2D eigenvalue weighted by molar-refractivity contribution is 5.66. The van der Waals surface area contributed by atoms with Crippen molar-refractivity contribution in [2.45, 2.75) is 52.0 Å². The van der Waals surface area contributed by atoms with Crippen LogP contribution in [0, 0.1) is 6.92 Å². The van der Waals surface area contributed by atoms with E-state index in [1.165, 1.54) is 12.0 Å². The minimum absolute atomic E-state index is 0.0511. The van der Waals surface area contributed by atoms with Gasteiger partial charge >= 0.3 is 0 Å². The number of anilines is 3. The van der Waals surface area contributed by atoms with Crippen LogP contribution >= 0.6 is 0 Å². The first kappa shape index (κ1) is 22.1. The van der Waals surface area contributed by atoms with Crippen LogP contribution in [0.2, 0.25) is 0 Å². The first-order valence-corrected chi connectivity index (χ1v) is 11.6. The number of aryl methyl sites for hydroxylation is 1. The standard InChI is InChI=1S/C25H30N8O/c1-17-5-6-18(25(2,3)4)13-20(17)28-22-14-21(23-31-27-16-34-23)29-24(30-22)32-10-7-19(8-11-32)33-12-9-26-15-33/h5-6,9,12-16,19H,7-8,10-11H2,1-4H3,(H,28,29,30). The fourth-order valence-corrected chi connectivity index (χ4v) is 4.24. The van der Waals surface area contributed by atoms with Gasteiger partial charge in [0.1, 0.15) is 11.5 Å². The number of hydrogen-bond donors (Lipinski definition) is 1. The van der Waals surface area contributed by atoms with E-state index in [9.17, 15) is 0 Å². The van der Waals surface area contributed by atoms with Crippen LogP contribution in [0.5, 0.6) is 0 Å². The highest BCUT2D eigenvalue weighted by Crippen LogP contribution is 2.31. The van der Waals surface area contributed by atoms with Crippen molar-refractivity contribution >= 4 is 17.5 Å². The number of nitrogens with zero attached hydrogens (tertiary/aromatic N) is 7. The van der Waals surface area contributed by atoms with E-state index in [-0.39, 0.29) is 5.41 Å². The SMILES string of the molecule is Cc1ccc(C(C)(C)C)cc1Nc1cc(-c2nnco2)nc(N2CCC(n3ccnc3)CC2)n1. The van der Waals surface area contributed by atoms with E-state index >= 15 is 0 Å². The smallest absolute Gasteiger partial charge is 0.266 e. The molecule has 176 valence electrons. The molecule has 3 aromatic heterocycles. The van der Waals surface area contributed by atoms with Crippen LogP contribution in [0.4, 0.5) is 17.5 Å². The fourth-order valence-electron chi connectivity index (χ4n) is 4.24. The van der Waals surface area contributed by atoms with Crippen LogP contribution in [-0.2, 0) is 5.41 Å². The Hall–Kier alpha value is -3.75. The molecule has 0 unspecified atom stereocenters. The number of hydrogen-bond acceptors (Lipinski definition) is 8. The van der Waals surface area contributed by atoms with Gasteiger partial charge in [-0.2, -0.15) is 4.98 Å². The molecule has 1 saturated heterocycles. The summed E-state index contributed by atoms with van der Waals surface area (Å²) in [5.74, 6) is 1.73. The molecule has 0 saturated carbocycles. The minimum atomic E-state index is 0.0511. The van der Waals surface area contributed by atoms with Crippen LogP contribution in [0.25, 0.3) is 11.6 Å². The summed E-state index contributed by atoms with van der Waals surface area (Å²) in [5.41, 5.74) is 4.08. The summed E-state index contributed by atoms with van der Waals surface area (Å²) in [6.07, 6.45) is 9.07. The highest BCUT2D eigenvalue weighted by atomic mass is 16.4. The minimum Gasteiger partial charge on any atom is -0.422 e. The van der Waals surface area contributed by atoms with Gasteiger partial charge in [-0.05, 0) is 42.4 Å². The van der Waals surface area contributed by atoms with Gasteiger partial charge < -0.3 is 19.2 Å². The normalized spacial score (nSPS) is 15.0. The first-order valence-electron chi connectivity index (χ1n) is 11.6. The van der Waals surface area contributed by atoms with Crippen LogP contribution < -0.4 is 10.2 Å². The lowest BCUT2D eigenvalue weighted by atomic mass is 9.86. The maximum Gasteiger partial charge on any atom is 0.266 e. The van der Waals surface area contributed by atoms with Crippen LogP contribution in [0.1, 0.15) is 50.8 Å². The number of piperidine rings is 1. The Morgan fingerprint density at radius 1 is 1.09 bits per heavy atom. The topological polar surface area (TPSA) is 97.8 Å². The first-order chi connectivity index (χ1) is 16.4. The Morgan fingerprint density at radius 2 is 1.91 bits per heavy atom. The Balaban J connectivity index is 1.44. The zero-order valence-electron chi connectivity index (χ0n) is 20.1. The second kappa shape index (κ2) is 8.89. The van der Waals surface area contributed by atoms with Gasteiger partial charge in [0.05, 0.1) is 6.33 Å². The number of nitrogens with one attached hydrogen (secondary N) is 1. The van der Waals surface area contributed by atoms with E-state index in [1.807, 2.05) is 24.8 Å². The molecule has 9 nitrogen and oxygen atoms in total. The van der Waals surface area contributed by atoms with Crippen molar-refractivity contribution < 1.29 is 4.42 Å². The van der Waals surface area contributed by atoms with Crippen LogP contribution in [-0.4, -0.2) is 42.8 Å². The Morgan fingerprint density at radius 3 is 2.59 bits per heavy atom. The molecule has 1 fully saturated rings. The zero-order valence-corrected chi connectivity index (χ0v) is 20.1.